The van der Waals surface area contributed by atoms with E-state index >= 15 is 0 Å². The summed E-state index contributed by atoms with van der Waals surface area (Å²) in [5, 5.41) is 0.481. The molecule has 1 aliphatic heterocycles. The Hall–Kier alpha value is -1.15. The Bertz CT molecular complexity index is 629. The zero-order valence-electron chi connectivity index (χ0n) is 12.4. The zero-order valence-corrected chi connectivity index (χ0v) is 13.9. The summed E-state index contributed by atoms with van der Waals surface area (Å²) in [6.07, 6.45) is 1.09. The van der Waals surface area contributed by atoms with Gasteiger partial charge in [-0.25, -0.2) is 8.42 Å². The summed E-state index contributed by atoms with van der Waals surface area (Å²) in [7, 11) is -3.52. The molecule has 0 saturated carbocycles. The van der Waals surface area contributed by atoms with Crippen molar-refractivity contribution in [2.75, 3.05) is 39.1 Å². The van der Waals surface area contributed by atoms with E-state index in [1.807, 2.05) is 0 Å². The van der Waals surface area contributed by atoms with Gasteiger partial charge < -0.3 is 9.64 Å². The number of benzene rings is 1. The molecule has 0 aliphatic carbocycles. The summed E-state index contributed by atoms with van der Waals surface area (Å²) in [6, 6.07) is 7.00. The highest BCUT2D eigenvalue weighted by molar-refractivity contribution is 7.88. The van der Waals surface area contributed by atoms with E-state index in [0.29, 0.717) is 36.9 Å². The molecule has 0 unspecified atom stereocenters. The van der Waals surface area contributed by atoms with E-state index in [2.05, 4.69) is 0 Å². The Morgan fingerprint density at radius 1 is 1.32 bits per heavy atom. The monoisotopic (exact) mass is 346 g/mol. The number of amides is 1. The molecule has 1 amide bonds. The molecule has 1 aromatic rings. The molecule has 122 valence electrons. The molecule has 0 atom stereocenters. The summed E-state index contributed by atoms with van der Waals surface area (Å²) in [5.41, 5.74) is 0.671. The van der Waals surface area contributed by atoms with Crippen LogP contribution >= 0.6 is 11.6 Å². The van der Waals surface area contributed by atoms with Gasteiger partial charge in [0.25, 0.3) is 0 Å². The van der Waals surface area contributed by atoms with Crippen molar-refractivity contribution in [1.82, 2.24) is 9.21 Å². The van der Waals surface area contributed by atoms with Gasteiger partial charge in [0, 0.05) is 24.7 Å². The van der Waals surface area contributed by atoms with Gasteiger partial charge >= 0.3 is 0 Å². The molecule has 1 aliphatic rings. The number of carbonyl (C=O) groups is 1. The maximum Gasteiger partial charge on any atom is 0.238 e. The number of hydrogen-bond acceptors (Lipinski definition) is 4. The average molecular weight is 347 g/mol. The van der Waals surface area contributed by atoms with Crippen LogP contribution < -0.4 is 0 Å². The highest BCUT2D eigenvalue weighted by Gasteiger charge is 2.25. The van der Waals surface area contributed by atoms with Crippen LogP contribution in [0.25, 0.3) is 0 Å². The van der Waals surface area contributed by atoms with Crippen LogP contribution in [0.2, 0.25) is 5.02 Å². The molecule has 0 aromatic heterocycles. The van der Waals surface area contributed by atoms with E-state index in [9.17, 15) is 13.2 Å². The summed E-state index contributed by atoms with van der Waals surface area (Å²) in [5.74, 6) is -0.222. The van der Waals surface area contributed by atoms with Crippen LogP contribution in [-0.4, -0.2) is 62.6 Å². The van der Waals surface area contributed by atoms with Crippen LogP contribution in [0.15, 0.2) is 24.3 Å². The molecular formula is C14H19ClN2O4S. The lowest BCUT2D eigenvalue weighted by atomic mass is 10.2. The lowest BCUT2D eigenvalue weighted by molar-refractivity contribution is -0.135. The summed E-state index contributed by atoms with van der Waals surface area (Å²) < 4.78 is 30.2. The summed E-state index contributed by atoms with van der Waals surface area (Å²) >= 11 is 6.07. The van der Waals surface area contributed by atoms with Crippen LogP contribution in [0.3, 0.4) is 0 Å². The third-order valence-electron chi connectivity index (χ3n) is 3.45. The first-order chi connectivity index (χ1) is 10.4. The van der Waals surface area contributed by atoms with Gasteiger partial charge in [-0.05, 0) is 11.6 Å². The van der Waals surface area contributed by atoms with E-state index in [0.717, 1.165) is 10.6 Å². The average Bonchev–Trinajstić information content (AvgIpc) is 2.48. The Balaban J connectivity index is 2.10. The van der Waals surface area contributed by atoms with Crippen molar-refractivity contribution in [3.63, 3.8) is 0 Å². The van der Waals surface area contributed by atoms with Crippen LogP contribution in [0.4, 0.5) is 0 Å². The minimum Gasteiger partial charge on any atom is -0.378 e. The second kappa shape index (κ2) is 7.41. The number of carbonyl (C=O) groups excluding carboxylic acids is 1. The fourth-order valence-corrected chi connectivity index (χ4v) is 3.08. The van der Waals surface area contributed by atoms with Crippen molar-refractivity contribution >= 4 is 27.5 Å². The minimum atomic E-state index is -3.52. The van der Waals surface area contributed by atoms with Crippen LogP contribution in [0.1, 0.15) is 5.56 Å². The van der Waals surface area contributed by atoms with Crippen molar-refractivity contribution in [2.45, 2.75) is 6.54 Å². The number of ether oxygens (including phenoxy) is 1. The number of morpholine rings is 1. The van der Waals surface area contributed by atoms with E-state index < -0.39 is 10.0 Å². The third kappa shape index (κ3) is 4.67. The van der Waals surface area contributed by atoms with Crippen molar-refractivity contribution in [2.24, 2.45) is 0 Å². The second-order valence-electron chi connectivity index (χ2n) is 5.12. The second-order valence-corrected chi connectivity index (χ2v) is 7.51. The van der Waals surface area contributed by atoms with E-state index in [1.54, 1.807) is 29.2 Å². The SMILES string of the molecule is CS(=O)(=O)N(CC(=O)N1CCOCC1)Cc1ccccc1Cl. The normalized spacial score (nSPS) is 16.0. The van der Waals surface area contributed by atoms with Gasteiger partial charge in [0.2, 0.25) is 15.9 Å². The predicted octanol–water partition coefficient (Wildman–Crippen LogP) is 0.960. The van der Waals surface area contributed by atoms with Crippen molar-refractivity contribution < 1.29 is 17.9 Å². The molecule has 2 rings (SSSR count). The molecule has 0 N–H and O–H groups in total. The van der Waals surface area contributed by atoms with Gasteiger partial charge in [-0.3, -0.25) is 4.79 Å². The summed E-state index contributed by atoms with van der Waals surface area (Å²) in [6.45, 7) is 1.83. The molecular weight excluding hydrogens is 328 g/mol. The van der Waals surface area contributed by atoms with Gasteiger partial charge in [-0.2, -0.15) is 4.31 Å². The van der Waals surface area contributed by atoms with E-state index in [1.165, 1.54) is 0 Å². The molecule has 1 aromatic carbocycles. The Morgan fingerprint density at radius 2 is 1.95 bits per heavy atom. The smallest absolute Gasteiger partial charge is 0.238 e. The molecule has 1 heterocycles. The van der Waals surface area contributed by atoms with Crippen molar-refractivity contribution in [3.05, 3.63) is 34.9 Å². The highest BCUT2D eigenvalue weighted by atomic mass is 35.5. The standard InChI is InChI=1S/C14H19ClN2O4S/c1-22(19,20)17(10-12-4-2-3-5-13(12)15)11-14(18)16-6-8-21-9-7-16/h2-5H,6-11H2,1H3. The third-order valence-corrected chi connectivity index (χ3v) is 5.01. The quantitative estimate of drug-likeness (QED) is 0.796. The van der Waals surface area contributed by atoms with Crippen molar-refractivity contribution in [3.8, 4) is 0 Å². The van der Waals surface area contributed by atoms with Crippen molar-refractivity contribution in [1.29, 1.82) is 0 Å². The first-order valence-corrected chi connectivity index (χ1v) is 9.14. The van der Waals surface area contributed by atoms with E-state index in [-0.39, 0.29) is 19.0 Å². The molecule has 6 nitrogen and oxygen atoms in total. The predicted molar refractivity (Wildman–Crippen MR) is 84.1 cm³/mol. The highest BCUT2D eigenvalue weighted by Crippen LogP contribution is 2.18. The molecule has 0 bridgehead atoms. The van der Waals surface area contributed by atoms with Crippen LogP contribution in [0.5, 0.6) is 0 Å². The number of sulfonamides is 1. The number of hydrogen-bond donors (Lipinski definition) is 0. The van der Waals surface area contributed by atoms with Crippen LogP contribution in [0, 0.1) is 0 Å². The van der Waals surface area contributed by atoms with Gasteiger partial charge in [0.15, 0.2) is 0 Å². The maximum atomic E-state index is 12.3. The minimum absolute atomic E-state index is 0.0780. The zero-order chi connectivity index (χ0) is 16.2. The molecule has 22 heavy (non-hydrogen) atoms. The number of halogens is 1. The molecule has 0 radical (unpaired) electrons. The topological polar surface area (TPSA) is 66.9 Å². The number of nitrogens with zero attached hydrogens (tertiary/aromatic N) is 2. The molecule has 0 spiro atoms. The summed E-state index contributed by atoms with van der Waals surface area (Å²) in [4.78, 5) is 13.9. The molecule has 1 saturated heterocycles. The molecule has 8 heteroatoms. The fraction of sp³-hybridized carbons (Fsp3) is 0.500. The fourth-order valence-electron chi connectivity index (χ4n) is 2.17. The van der Waals surface area contributed by atoms with Gasteiger partial charge in [-0.1, -0.05) is 29.8 Å². The maximum absolute atomic E-state index is 12.3. The van der Waals surface area contributed by atoms with E-state index in [4.69, 9.17) is 16.3 Å². The first kappa shape index (κ1) is 17.2. The Kier molecular flexibility index (Phi) is 5.80. The largest absolute Gasteiger partial charge is 0.378 e. The lowest BCUT2D eigenvalue weighted by Gasteiger charge is -2.29. The molecule has 1 fully saturated rings. The van der Waals surface area contributed by atoms with Gasteiger partial charge in [-0.15, -0.1) is 0 Å². The van der Waals surface area contributed by atoms with Crippen LogP contribution in [-0.2, 0) is 26.1 Å². The number of rotatable bonds is 5. The van der Waals surface area contributed by atoms with Gasteiger partial charge in [0.05, 0.1) is 26.0 Å². The Morgan fingerprint density at radius 3 is 2.55 bits per heavy atom. The first-order valence-electron chi connectivity index (χ1n) is 6.92. The van der Waals surface area contributed by atoms with Gasteiger partial charge in [0.1, 0.15) is 0 Å². The lowest BCUT2D eigenvalue weighted by Crippen LogP contribution is -2.46. The Labute approximate surface area is 135 Å².